The van der Waals surface area contributed by atoms with Crippen molar-refractivity contribution in [1.82, 2.24) is 24.8 Å². The van der Waals surface area contributed by atoms with E-state index in [-0.39, 0.29) is 11.1 Å². The first-order valence-corrected chi connectivity index (χ1v) is 11.5. The Balaban J connectivity index is 1.60. The second-order valence-corrected chi connectivity index (χ2v) is 9.38. The number of alkyl halides is 2. The second-order valence-electron chi connectivity index (χ2n) is 9.38. The number of rotatable bonds is 4. The fraction of sp³-hybridized carbons (Fsp3) is 0.296. The molecule has 0 saturated heterocycles. The number of fused-ring (bicyclic) bond motifs is 2. The van der Waals surface area contributed by atoms with Crippen LogP contribution in [0.4, 0.5) is 8.78 Å². The van der Waals surface area contributed by atoms with E-state index < -0.39 is 12.3 Å². The molecule has 1 N–H and O–H groups in total. The molecule has 2 aromatic heterocycles. The standard InChI is InChI=1S/C27H27F2N5O/c1-15-9-17(10-18-14-34(4)8-7-19(15)18)23-13-31-26-24(32-23)22(12-30-26)16-5-6-20(27(35)33(2)3)21(11-16)25(28)29/h5-6,9-13,25H,7-8,14H2,1-4H3,(H,30,31). The molecule has 0 fully saturated rings. The molecule has 3 heterocycles. The van der Waals surface area contributed by atoms with Crippen LogP contribution in [0, 0.1) is 6.92 Å². The summed E-state index contributed by atoms with van der Waals surface area (Å²) in [6.07, 6.45) is 1.71. The number of hydrogen-bond acceptors (Lipinski definition) is 4. The van der Waals surface area contributed by atoms with Gasteiger partial charge in [0.15, 0.2) is 5.65 Å². The number of aromatic amines is 1. The molecule has 1 amide bonds. The van der Waals surface area contributed by atoms with Gasteiger partial charge >= 0.3 is 0 Å². The van der Waals surface area contributed by atoms with Gasteiger partial charge < -0.3 is 14.8 Å². The summed E-state index contributed by atoms with van der Waals surface area (Å²) in [5.74, 6) is -0.457. The summed E-state index contributed by atoms with van der Waals surface area (Å²) in [6.45, 7) is 4.07. The summed E-state index contributed by atoms with van der Waals surface area (Å²) < 4.78 is 27.7. The molecule has 1 aliphatic rings. The van der Waals surface area contributed by atoms with Crippen LogP contribution in [0.15, 0.2) is 42.7 Å². The Bertz CT molecular complexity index is 1440. The number of carbonyl (C=O) groups is 1. The van der Waals surface area contributed by atoms with Crippen LogP contribution in [0.3, 0.4) is 0 Å². The zero-order valence-electron chi connectivity index (χ0n) is 20.2. The highest BCUT2D eigenvalue weighted by atomic mass is 19.3. The third-order valence-electron chi connectivity index (χ3n) is 6.66. The van der Waals surface area contributed by atoms with E-state index in [0.29, 0.717) is 22.3 Å². The lowest BCUT2D eigenvalue weighted by atomic mass is 9.92. The van der Waals surface area contributed by atoms with E-state index in [0.717, 1.165) is 30.8 Å². The lowest BCUT2D eigenvalue weighted by Crippen LogP contribution is -2.27. The highest BCUT2D eigenvalue weighted by molar-refractivity contribution is 5.97. The third-order valence-corrected chi connectivity index (χ3v) is 6.66. The van der Waals surface area contributed by atoms with Crippen molar-refractivity contribution >= 4 is 17.1 Å². The van der Waals surface area contributed by atoms with Crippen LogP contribution < -0.4 is 0 Å². The second kappa shape index (κ2) is 8.85. The van der Waals surface area contributed by atoms with Gasteiger partial charge in [0.05, 0.1) is 11.9 Å². The van der Waals surface area contributed by atoms with Crippen molar-refractivity contribution in [3.63, 3.8) is 0 Å². The minimum absolute atomic E-state index is 0.00475. The largest absolute Gasteiger partial charge is 0.345 e. The SMILES string of the molecule is Cc1cc(-c2cnc3[nH]cc(-c4ccc(C(=O)N(C)C)c(C(F)F)c4)c3n2)cc2c1CCN(C)C2. The van der Waals surface area contributed by atoms with Crippen LogP contribution in [0.25, 0.3) is 33.5 Å². The van der Waals surface area contributed by atoms with E-state index in [2.05, 4.69) is 41.0 Å². The summed E-state index contributed by atoms with van der Waals surface area (Å²) in [7, 11) is 5.21. The normalized spacial score (nSPS) is 13.9. The van der Waals surface area contributed by atoms with E-state index >= 15 is 0 Å². The third kappa shape index (κ3) is 4.18. The Morgan fingerprint density at radius 1 is 1.17 bits per heavy atom. The lowest BCUT2D eigenvalue weighted by molar-refractivity contribution is 0.0815. The minimum Gasteiger partial charge on any atom is -0.345 e. The number of aryl methyl sites for hydroxylation is 1. The minimum atomic E-state index is -2.78. The lowest BCUT2D eigenvalue weighted by Gasteiger charge is -2.27. The Kier molecular flexibility index (Phi) is 5.84. The molecule has 2 aromatic carbocycles. The Hall–Kier alpha value is -3.65. The number of aromatic nitrogens is 3. The van der Waals surface area contributed by atoms with Crippen LogP contribution in [-0.4, -0.2) is 58.3 Å². The van der Waals surface area contributed by atoms with Gasteiger partial charge in [0.2, 0.25) is 0 Å². The molecule has 0 radical (unpaired) electrons. The van der Waals surface area contributed by atoms with Gasteiger partial charge in [0.25, 0.3) is 12.3 Å². The molecule has 0 bridgehead atoms. The summed E-state index contributed by atoms with van der Waals surface area (Å²) in [5.41, 5.74) is 7.73. The number of amides is 1. The quantitative estimate of drug-likeness (QED) is 0.439. The van der Waals surface area contributed by atoms with E-state index in [9.17, 15) is 13.6 Å². The fourth-order valence-electron chi connectivity index (χ4n) is 4.81. The van der Waals surface area contributed by atoms with Crippen LogP contribution >= 0.6 is 0 Å². The van der Waals surface area contributed by atoms with Crippen molar-refractivity contribution < 1.29 is 13.6 Å². The van der Waals surface area contributed by atoms with Gasteiger partial charge in [-0.3, -0.25) is 4.79 Å². The van der Waals surface area contributed by atoms with Crippen LogP contribution in [0.5, 0.6) is 0 Å². The van der Waals surface area contributed by atoms with Crippen LogP contribution in [0.1, 0.15) is 39.0 Å². The van der Waals surface area contributed by atoms with E-state index in [1.807, 2.05) is 0 Å². The Morgan fingerprint density at radius 3 is 2.71 bits per heavy atom. The molecule has 0 saturated carbocycles. The molecule has 0 atom stereocenters. The van der Waals surface area contributed by atoms with Gasteiger partial charge in [0.1, 0.15) is 5.52 Å². The Morgan fingerprint density at radius 2 is 1.97 bits per heavy atom. The van der Waals surface area contributed by atoms with Crippen molar-refractivity contribution in [1.29, 1.82) is 0 Å². The average molecular weight is 476 g/mol. The first-order valence-electron chi connectivity index (χ1n) is 11.5. The van der Waals surface area contributed by atoms with E-state index in [4.69, 9.17) is 4.98 Å². The highest BCUT2D eigenvalue weighted by Crippen LogP contribution is 2.34. The van der Waals surface area contributed by atoms with Crippen molar-refractivity contribution in [3.8, 4) is 22.4 Å². The van der Waals surface area contributed by atoms with E-state index in [1.54, 1.807) is 32.6 Å². The van der Waals surface area contributed by atoms with Gasteiger partial charge in [-0.2, -0.15) is 0 Å². The number of likely N-dealkylation sites (N-methyl/N-ethyl adjacent to an activating group) is 1. The summed E-state index contributed by atoms with van der Waals surface area (Å²) >= 11 is 0. The maximum atomic E-state index is 13.9. The van der Waals surface area contributed by atoms with Gasteiger partial charge in [-0.1, -0.05) is 6.07 Å². The molecule has 5 rings (SSSR count). The smallest absolute Gasteiger partial charge is 0.264 e. The molecule has 35 heavy (non-hydrogen) atoms. The summed E-state index contributed by atoms with van der Waals surface area (Å²) in [5, 5.41) is 0. The molecular formula is C27H27F2N5O. The highest BCUT2D eigenvalue weighted by Gasteiger charge is 2.22. The first-order chi connectivity index (χ1) is 16.7. The van der Waals surface area contributed by atoms with Gasteiger partial charge in [0, 0.05) is 55.6 Å². The fourth-order valence-corrected chi connectivity index (χ4v) is 4.81. The molecule has 6 nitrogen and oxygen atoms in total. The van der Waals surface area contributed by atoms with Crippen molar-refractivity contribution in [2.24, 2.45) is 0 Å². The van der Waals surface area contributed by atoms with Gasteiger partial charge in [-0.25, -0.2) is 18.7 Å². The average Bonchev–Trinajstić information content (AvgIpc) is 3.26. The number of nitrogens with zero attached hydrogens (tertiary/aromatic N) is 4. The molecule has 0 spiro atoms. The molecular weight excluding hydrogens is 448 g/mol. The predicted octanol–water partition coefficient (Wildman–Crippen LogP) is 5.23. The molecule has 1 aliphatic heterocycles. The zero-order valence-corrected chi connectivity index (χ0v) is 20.2. The van der Waals surface area contributed by atoms with Crippen molar-refractivity contribution in [2.75, 3.05) is 27.7 Å². The molecule has 4 aromatic rings. The summed E-state index contributed by atoms with van der Waals surface area (Å²) in [6, 6.07) is 8.83. The Labute approximate surface area is 202 Å². The maximum Gasteiger partial charge on any atom is 0.264 e. The number of hydrogen-bond donors (Lipinski definition) is 1. The van der Waals surface area contributed by atoms with E-state index in [1.165, 1.54) is 33.7 Å². The zero-order chi connectivity index (χ0) is 24.9. The topological polar surface area (TPSA) is 65.1 Å². The van der Waals surface area contributed by atoms with Crippen molar-refractivity contribution in [2.45, 2.75) is 26.3 Å². The first kappa shape index (κ1) is 23.1. The molecule has 8 heteroatoms. The number of H-pyrrole nitrogens is 1. The maximum absolute atomic E-state index is 13.9. The number of nitrogens with one attached hydrogen (secondary N) is 1. The summed E-state index contributed by atoms with van der Waals surface area (Å²) in [4.78, 5) is 28.5. The van der Waals surface area contributed by atoms with Crippen molar-refractivity contribution in [3.05, 3.63) is 70.5 Å². The van der Waals surface area contributed by atoms with Crippen LogP contribution in [0.2, 0.25) is 0 Å². The van der Waals surface area contributed by atoms with Gasteiger partial charge in [-0.15, -0.1) is 0 Å². The molecule has 0 aliphatic carbocycles. The number of benzene rings is 2. The number of halogens is 2. The predicted molar refractivity (Wildman–Crippen MR) is 133 cm³/mol. The monoisotopic (exact) mass is 475 g/mol. The van der Waals surface area contributed by atoms with Gasteiger partial charge in [-0.05, 0) is 66.9 Å². The number of carbonyl (C=O) groups excluding carboxylic acids is 1. The molecule has 180 valence electrons. The molecule has 0 unspecified atom stereocenters. The van der Waals surface area contributed by atoms with Crippen LogP contribution in [-0.2, 0) is 13.0 Å².